The summed E-state index contributed by atoms with van der Waals surface area (Å²) < 4.78 is 43.3. The number of pyridine rings is 1. The molecule has 0 aliphatic carbocycles. The number of alkyl halides is 3. The molecule has 0 fully saturated rings. The number of hydrogen-bond acceptors (Lipinski definition) is 2. The minimum Gasteiger partial charge on any atom is -0.276 e. The zero-order valence-electron chi connectivity index (χ0n) is 12.9. The number of aromatic nitrogens is 3. The molecule has 3 aromatic rings. The second-order valence-corrected chi connectivity index (χ2v) is 6.41. The molecular formula is C16H13BrF3N3O. The Labute approximate surface area is 143 Å². The molecule has 0 radical (unpaired) electrons. The van der Waals surface area contributed by atoms with Crippen LogP contribution >= 0.6 is 15.9 Å². The van der Waals surface area contributed by atoms with Gasteiger partial charge in [-0.2, -0.15) is 13.2 Å². The molecule has 0 N–H and O–H groups in total. The van der Waals surface area contributed by atoms with E-state index >= 15 is 0 Å². The summed E-state index contributed by atoms with van der Waals surface area (Å²) in [7, 11) is 1.53. The first kappa shape index (κ1) is 16.8. The maximum atomic E-state index is 13.2. The van der Waals surface area contributed by atoms with E-state index in [0.29, 0.717) is 16.6 Å². The standard InChI is InChI=1S/C16H13BrF3N3O/c1-9-3-6-12(16(18,19)20)13(21-9)8-23-14-7-10(17)4-5-11(14)15(24)22(23)2/h3-7H,8H2,1-2H3. The van der Waals surface area contributed by atoms with Crippen molar-refractivity contribution in [1.82, 2.24) is 14.3 Å². The fourth-order valence-corrected chi connectivity index (χ4v) is 3.02. The second-order valence-electron chi connectivity index (χ2n) is 5.49. The van der Waals surface area contributed by atoms with Crippen molar-refractivity contribution < 1.29 is 13.2 Å². The first-order valence-electron chi connectivity index (χ1n) is 7.07. The van der Waals surface area contributed by atoms with Gasteiger partial charge in [-0.15, -0.1) is 0 Å². The first-order chi connectivity index (χ1) is 11.2. The summed E-state index contributed by atoms with van der Waals surface area (Å²) in [6.45, 7) is 1.48. The predicted octanol–water partition coefficient (Wildman–Crippen LogP) is 3.87. The molecule has 1 aromatic carbocycles. The van der Waals surface area contributed by atoms with Crippen LogP contribution in [0.5, 0.6) is 0 Å². The Balaban J connectivity index is 2.22. The Morgan fingerprint density at radius 2 is 1.92 bits per heavy atom. The fourth-order valence-electron chi connectivity index (χ4n) is 2.67. The molecule has 24 heavy (non-hydrogen) atoms. The van der Waals surface area contributed by atoms with Crippen molar-refractivity contribution in [3.8, 4) is 0 Å². The Kier molecular flexibility index (Phi) is 4.03. The average molecular weight is 400 g/mol. The van der Waals surface area contributed by atoms with Crippen LogP contribution in [0, 0.1) is 6.92 Å². The van der Waals surface area contributed by atoms with Crippen molar-refractivity contribution in [2.24, 2.45) is 7.05 Å². The van der Waals surface area contributed by atoms with Crippen molar-refractivity contribution in [1.29, 1.82) is 0 Å². The highest BCUT2D eigenvalue weighted by molar-refractivity contribution is 9.10. The van der Waals surface area contributed by atoms with E-state index in [1.165, 1.54) is 22.5 Å². The van der Waals surface area contributed by atoms with Gasteiger partial charge in [0.1, 0.15) is 0 Å². The largest absolute Gasteiger partial charge is 0.418 e. The molecule has 3 rings (SSSR count). The number of benzene rings is 1. The van der Waals surface area contributed by atoms with E-state index in [2.05, 4.69) is 20.9 Å². The molecule has 0 aliphatic heterocycles. The van der Waals surface area contributed by atoms with Crippen LogP contribution in [0.4, 0.5) is 13.2 Å². The van der Waals surface area contributed by atoms with Crippen LogP contribution in [0.15, 0.2) is 39.6 Å². The van der Waals surface area contributed by atoms with Gasteiger partial charge in [0.25, 0.3) is 5.56 Å². The fraction of sp³-hybridized carbons (Fsp3) is 0.250. The summed E-state index contributed by atoms with van der Waals surface area (Å²) >= 11 is 3.32. The number of fused-ring (bicyclic) bond motifs is 1. The number of rotatable bonds is 2. The molecule has 2 heterocycles. The molecule has 4 nitrogen and oxygen atoms in total. The van der Waals surface area contributed by atoms with Crippen molar-refractivity contribution in [2.75, 3.05) is 0 Å². The summed E-state index contributed by atoms with van der Waals surface area (Å²) in [6.07, 6.45) is -4.50. The second kappa shape index (κ2) is 5.77. The zero-order valence-corrected chi connectivity index (χ0v) is 14.4. The summed E-state index contributed by atoms with van der Waals surface area (Å²) in [6, 6.07) is 7.43. The molecule has 0 bridgehead atoms. The minimum atomic E-state index is -4.50. The first-order valence-corrected chi connectivity index (χ1v) is 7.86. The van der Waals surface area contributed by atoms with Crippen LogP contribution in [-0.4, -0.2) is 14.3 Å². The highest BCUT2D eigenvalue weighted by Gasteiger charge is 2.34. The quantitative estimate of drug-likeness (QED) is 0.655. The number of hydrogen-bond donors (Lipinski definition) is 0. The smallest absolute Gasteiger partial charge is 0.276 e. The molecule has 0 atom stereocenters. The van der Waals surface area contributed by atoms with E-state index in [0.717, 1.165) is 10.5 Å². The minimum absolute atomic E-state index is 0.116. The van der Waals surface area contributed by atoms with Gasteiger partial charge in [0, 0.05) is 17.2 Å². The molecule has 0 amide bonds. The molecule has 2 aromatic heterocycles. The predicted molar refractivity (Wildman–Crippen MR) is 88.0 cm³/mol. The van der Waals surface area contributed by atoms with Crippen LogP contribution in [-0.2, 0) is 19.8 Å². The lowest BCUT2D eigenvalue weighted by atomic mass is 10.1. The van der Waals surface area contributed by atoms with Crippen LogP contribution in [0.25, 0.3) is 10.9 Å². The van der Waals surface area contributed by atoms with Crippen LogP contribution in [0.2, 0.25) is 0 Å². The van der Waals surface area contributed by atoms with E-state index in [-0.39, 0.29) is 17.8 Å². The van der Waals surface area contributed by atoms with Gasteiger partial charge in [-0.1, -0.05) is 15.9 Å². The van der Waals surface area contributed by atoms with E-state index < -0.39 is 11.7 Å². The monoisotopic (exact) mass is 399 g/mol. The van der Waals surface area contributed by atoms with Gasteiger partial charge in [-0.25, -0.2) is 0 Å². The van der Waals surface area contributed by atoms with Crippen molar-refractivity contribution in [3.63, 3.8) is 0 Å². The van der Waals surface area contributed by atoms with E-state index in [4.69, 9.17) is 0 Å². The molecule has 0 saturated heterocycles. The summed E-state index contributed by atoms with van der Waals surface area (Å²) in [5.41, 5.74) is -0.139. The number of halogens is 4. The van der Waals surface area contributed by atoms with Crippen LogP contribution in [0.1, 0.15) is 17.0 Å². The molecular weight excluding hydrogens is 387 g/mol. The topological polar surface area (TPSA) is 39.8 Å². The van der Waals surface area contributed by atoms with Gasteiger partial charge >= 0.3 is 6.18 Å². The van der Waals surface area contributed by atoms with Crippen molar-refractivity contribution in [3.05, 3.63) is 62.1 Å². The summed E-state index contributed by atoms with van der Waals surface area (Å²) in [4.78, 5) is 16.3. The summed E-state index contributed by atoms with van der Waals surface area (Å²) in [5, 5.41) is 0.446. The highest BCUT2D eigenvalue weighted by atomic mass is 79.9. The lowest BCUT2D eigenvalue weighted by Gasteiger charge is -2.15. The Hall–Kier alpha value is -2.09. The summed E-state index contributed by atoms with van der Waals surface area (Å²) in [5.74, 6) is 0. The third-order valence-electron chi connectivity index (χ3n) is 3.84. The normalized spacial score (nSPS) is 12.1. The third-order valence-corrected chi connectivity index (χ3v) is 4.34. The third kappa shape index (κ3) is 2.86. The Morgan fingerprint density at radius 3 is 2.58 bits per heavy atom. The highest BCUT2D eigenvalue weighted by Crippen LogP contribution is 2.32. The van der Waals surface area contributed by atoms with Gasteiger partial charge in [0.2, 0.25) is 0 Å². The molecule has 8 heteroatoms. The van der Waals surface area contributed by atoms with E-state index in [1.807, 2.05) is 0 Å². The lowest BCUT2D eigenvalue weighted by Crippen LogP contribution is -2.22. The SMILES string of the molecule is Cc1ccc(C(F)(F)F)c(Cn2c3cc(Br)ccc3c(=O)n2C)n1. The molecule has 0 spiro atoms. The average Bonchev–Trinajstić information content (AvgIpc) is 2.71. The molecule has 0 aliphatic rings. The van der Waals surface area contributed by atoms with Gasteiger partial charge in [-0.3, -0.25) is 19.1 Å². The van der Waals surface area contributed by atoms with E-state index in [9.17, 15) is 18.0 Å². The molecule has 126 valence electrons. The van der Waals surface area contributed by atoms with Crippen LogP contribution < -0.4 is 5.56 Å². The molecule has 0 unspecified atom stereocenters. The van der Waals surface area contributed by atoms with Crippen LogP contribution in [0.3, 0.4) is 0 Å². The van der Waals surface area contributed by atoms with Gasteiger partial charge in [0.05, 0.1) is 28.7 Å². The van der Waals surface area contributed by atoms with Gasteiger partial charge < -0.3 is 0 Å². The maximum absolute atomic E-state index is 13.2. The van der Waals surface area contributed by atoms with Crippen molar-refractivity contribution >= 4 is 26.8 Å². The zero-order chi connectivity index (χ0) is 17.6. The molecule has 0 saturated carbocycles. The number of nitrogens with zero attached hydrogens (tertiary/aromatic N) is 3. The maximum Gasteiger partial charge on any atom is 0.418 e. The Morgan fingerprint density at radius 1 is 1.21 bits per heavy atom. The van der Waals surface area contributed by atoms with Crippen molar-refractivity contribution in [2.45, 2.75) is 19.6 Å². The number of aryl methyl sites for hydroxylation is 1. The van der Waals surface area contributed by atoms with Gasteiger partial charge in [0.15, 0.2) is 0 Å². The Bertz CT molecular complexity index is 989. The van der Waals surface area contributed by atoms with Gasteiger partial charge in [-0.05, 0) is 37.3 Å². The lowest BCUT2D eigenvalue weighted by molar-refractivity contribution is -0.138. The van der Waals surface area contributed by atoms with E-state index in [1.54, 1.807) is 25.1 Å².